The number of benzene rings is 1. The fourth-order valence-electron chi connectivity index (χ4n) is 1.44. The van der Waals surface area contributed by atoms with Crippen LogP contribution in [0.2, 0.25) is 0 Å². The van der Waals surface area contributed by atoms with Gasteiger partial charge in [0.25, 0.3) is 5.92 Å². The van der Waals surface area contributed by atoms with Gasteiger partial charge >= 0.3 is 0 Å². The fraction of sp³-hybridized carbons (Fsp3) is 0.385. The molecule has 0 radical (unpaired) electrons. The van der Waals surface area contributed by atoms with E-state index in [4.69, 9.17) is 5.11 Å². The molecular weight excluding hydrogens is 270 g/mol. The van der Waals surface area contributed by atoms with Crippen molar-refractivity contribution >= 4 is 17.5 Å². The van der Waals surface area contributed by atoms with E-state index < -0.39 is 25.0 Å². The lowest BCUT2D eigenvalue weighted by atomic mass is 10.1. The Bertz CT molecular complexity index is 475. The van der Waals surface area contributed by atoms with E-state index in [1.165, 1.54) is 6.92 Å². The number of hydrogen-bond acceptors (Lipinski definition) is 3. The molecule has 0 spiro atoms. The highest BCUT2D eigenvalue weighted by molar-refractivity contribution is 5.88. The number of aliphatic hydroxyl groups is 1. The average Bonchev–Trinajstić information content (AvgIpc) is 2.38. The lowest BCUT2D eigenvalue weighted by molar-refractivity contribution is -0.123. The third-order valence-electron chi connectivity index (χ3n) is 2.41. The molecule has 5 nitrogen and oxygen atoms in total. The normalized spacial score (nSPS) is 11.0. The second kappa shape index (κ2) is 6.95. The van der Waals surface area contributed by atoms with E-state index in [-0.39, 0.29) is 12.3 Å². The number of hydrogen-bond donors (Lipinski definition) is 3. The van der Waals surface area contributed by atoms with Crippen LogP contribution < -0.4 is 10.6 Å². The Morgan fingerprint density at radius 3 is 2.35 bits per heavy atom. The zero-order valence-corrected chi connectivity index (χ0v) is 11.0. The van der Waals surface area contributed by atoms with Crippen molar-refractivity contribution < 1.29 is 23.5 Å². The minimum atomic E-state index is -3.31. The van der Waals surface area contributed by atoms with Crippen LogP contribution in [0.3, 0.4) is 0 Å². The molecule has 0 bridgehead atoms. The van der Waals surface area contributed by atoms with Crippen molar-refractivity contribution in [1.29, 1.82) is 0 Å². The summed E-state index contributed by atoms with van der Waals surface area (Å²) in [5, 5.41) is 13.0. The van der Waals surface area contributed by atoms with Crippen LogP contribution in [0.25, 0.3) is 0 Å². The van der Waals surface area contributed by atoms with Crippen molar-refractivity contribution in [3.8, 4) is 0 Å². The van der Waals surface area contributed by atoms with Crippen molar-refractivity contribution in [2.75, 3.05) is 18.5 Å². The molecule has 1 rings (SSSR count). The van der Waals surface area contributed by atoms with Crippen LogP contribution in [0.5, 0.6) is 0 Å². The number of rotatable bonds is 6. The van der Waals surface area contributed by atoms with Gasteiger partial charge in [-0.1, -0.05) is 12.1 Å². The zero-order valence-electron chi connectivity index (χ0n) is 11.0. The van der Waals surface area contributed by atoms with Gasteiger partial charge in [0.2, 0.25) is 11.8 Å². The van der Waals surface area contributed by atoms with Crippen LogP contribution in [-0.2, 0) is 16.0 Å². The molecule has 1 aromatic carbocycles. The Morgan fingerprint density at radius 1 is 1.25 bits per heavy atom. The van der Waals surface area contributed by atoms with Gasteiger partial charge in [0.1, 0.15) is 6.61 Å². The molecule has 0 aliphatic carbocycles. The van der Waals surface area contributed by atoms with Crippen molar-refractivity contribution in [2.45, 2.75) is 19.3 Å². The molecule has 3 N–H and O–H groups in total. The van der Waals surface area contributed by atoms with Crippen molar-refractivity contribution in [2.24, 2.45) is 0 Å². The standard InChI is InChI=1S/C13H16F2N2O3/c1-9(19)17-11-4-2-10(3-5-11)6-12(20)16-7-13(14,15)8-18/h2-5,18H,6-8H2,1H3,(H,16,20)(H,17,19). The average molecular weight is 286 g/mol. The second-order valence-corrected chi connectivity index (χ2v) is 4.35. The minimum Gasteiger partial charge on any atom is -0.390 e. The molecule has 0 aliphatic heterocycles. The zero-order chi connectivity index (χ0) is 15.2. The number of anilines is 1. The van der Waals surface area contributed by atoms with Gasteiger partial charge in [-0.05, 0) is 17.7 Å². The van der Waals surface area contributed by atoms with Gasteiger partial charge in [-0.2, -0.15) is 0 Å². The van der Waals surface area contributed by atoms with Gasteiger partial charge in [0.15, 0.2) is 0 Å². The highest BCUT2D eigenvalue weighted by Gasteiger charge is 2.28. The number of carbonyl (C=O) groups is 2. The minimum absolute atomic E-state index is 0.0537. The Kier molecular flexibility index (Phi) is 5.57. The summed E-state index contributed by atoms with van der Waals surface area (Å²) in [4.78, 5) is 22.3. The predicted octanol–water partition coefficient (Wildman–Crippen LogP) is 0.931. The molecule has 7 heteroatoms. The molecule has 1 aromatic rings. The van der Waals surface area contributed by atoms with Gasteiger partial charge in [-0.15, -0.1) is 0 Å². The van der Waals surface area contributed by atoms with E-state index >= 15 is 0 Å². The Balaban J connectivity index is 2.48. The molecule has 0 heterocycles. The summed E-state index contributed by atoms with van der Waals surface area (Å²) >= 11 is 0. The first-order valence-electron chi connectivity index (χ1n) is 5.94. The van der Waals surface area contributed by atoms with Crippen molar-refractivity contribution in [3.63, 3.8) is 0 Å². The number of halogens is 2. The second-order valence-electron chi connectivity index (χ2n) is 4.35. The summed E-state index contributed by atoms with van der Waals surface area (Å²) in [6.45, 7) is -0.826. The van der Waals surface area contributed by atoms with E-state index in [0.717, 1.165) is 0 Å². The van der Waals surface area contributed by atoms with Gasteiger partial charge < -0.3 is 15.7 Å². The monoisotopic (exact) mass is 286 g/mol. The molecule has 2 amide bonds. The Morgan fingerprint density at radius 2 is 1.85 bits per heavy atom. The van der Waals surface area contributed by atoms with Crippen LogP contribution in [0.1, 0.15) is 12.5 Å². The number of amides is 2. The van der Waals surface area contributed by atoms with Crippen LogP contribution in [0, 0.1) is 0 Å². The Hall–Kier alpha value is -2.02. The quantitative estimate of drug-likeness (QED) is 0.728. The largest absolute Gasteiger partial charge is 0.390 e. The molecule has 0 saturated heterocycles. The summed E-state index contributed by atoms with van der Waals surface area (Å²) in [5.41, 5.74) is 1.22. The summed E-state index contributed by atoms with van der Waals surface area (Å²) in [5.74, 6) is -4.09. The van der Waals surface area contributed by atoms with E-state index in [9.17, 15) is 18.4 Å². The molecular formula is C13H16F2N2O3. The molecule has 0 fully saturated rings. The van der Waals surface area contributed by atoms with Gasteiger partial charge in [0, 0.05) is 12.6 Å². The lowest BCUT2D eigenvalue weighted by Gasteiger charge is -2.13. The maximum absolute atomic E-state index is 12.7. The van der Waals surface area contributed by atoms with E-state index in [1.807, 2.05) is 0 Å². The third kappa shape index (κ3) is 5.75. The highest BCUT2D eigenvalue weighted by atomic mass is 19.3. The first-order valence-corrected chi connectivity index (χ1v) is 5.94. The first-order chi connectivity index (χ1) is 9.32. The number of alkyl halides is 2. The van der Waals surface area contributed by atoms with Crippen LogP contribution in [0.4, 0.5) is 14.5 Å². The summed E-state index contributed by atoms with van der Waals surface area (Å²) in [7, 11) is 0. The molecule has 0 unspecified atom stereocenters. The molecule has 0 aliphatic rings. The van der Waals surface area contributed by atoms with E-state index in [1.54, 1.807) is 24.3 Å². The number of aliphatic hydroxyl groups excluding tert-OH is 1. The number of carbonyl (C=O) groups excluding carboxylic acids is 2. The highest BCUT2D eigenvalue weighted by Crippen LogP contribution is 2.11. The smallest absolute Gasteiger partial charge is 0.287 e. The predicted molar refractivity (Wildman–Crippen MR) is 69.5 cm³/mol. The molecule has 0 atom stereocenters. The summed E-state index contributed by atoms with van der Waals surface area (Å²) < 4.78 is 25.4. The number of nitrogens with one attached hydrogen (secondary N) is 2. The lowest BCUT2D eigenvalue weighted by Crippen LogP contribution is -2.39. The van der Waals surface area contributed by atoms with Crippen molar-refractivity contribution in [3.05, 3.63) is 29.8 Å². The van der Waals surface area contributed by atoms with E-state index in [2.05, 4.69) is 10.6 Å². The first kappa shape index (κ1) is 16.0. The molecule has 20 heavy (non-hydrogen) atoms. The molecule has 0 aromatic heterocycles. The Labute approximate surface area is 115 Å². The van der Waals surface area contributed by atoms with Gasteiger partial charge in [-0.25, -0.2) is 8.78 Å². The van der Waals surface area contributed by atoms with Crippen LogP contribution in [0.15, 0.2) is 24.3 Å². The van der Waals surface area contributed by atoms with Crippen LogP contribution >= 0.6 is 0 Å². The third-order valence-corrected chi connectivity index (χ3v) is 2.41. The van der Waals surface area contributed by atoms with Crippen LogP contribution in [-0.4, -0.2) is 36.0 Å². The maximum atomic E-state index is 12.7. The van der Waals surface area contributed by atoms with Gasteiger partial charge in [0.05, 0.1) is 13.0 Å². The maximum Gasteiger partial charge on any atom is 0.287 e. The van der Waals surface area contributed by atoms with Crippen molar-refractivity contribution in [1.82, 2.24) is 5.32 Å². The summed E-state index contributed by atoms with van der Waals surface area (Å²) in [6, 6.07) is 6.47. The van der Waals surface area contributed by atoms with E-state index in [0.29, 0.717) is 11.3 Å². The SMILES string of the molecule is CC(=O)Nc1ccc(CC(=O)NCC(F)(F)CO)cc1. The molecule has 0 saturated carbocycles. The summed E-state index contributed by atoms with van der Waals surface area (Å²) in [6.07, 6.45) is -0.0537. The topological polar surface area (TPSA) is 78.4 Å². The fourth-order valence-corrected chi connectivity index (χ4v) is 1.44. The van der Waals surface area contributed by atoms with Gasteiger partial charge in [-0.3, -0.25) is 9.59 Å². The molecule has 110 valence electrons.